The van der Waals surface area contributed by atoms with Gasteiger partial charge in [-0.15, -0.1) is 11.3 Å². The first kappa shape index (κ1) is 12.6. The lowest BCUT2D eigenvalue weighted by atomic mass is 10.2. The van der Waals surface area contributed by atoms with E-state index in [1.165, 1.54) is 15.0 Å². The molecule has 1 saturated heterocycles. The van der Waals surface area contributed by atoms with E-state index in [1.807, 2.05) is 23.3 Å². The Morgan fingerprint density at radius 1 is 1.21 bits per heavy atom. The van der Waals surface area contributed by atoms with Gasteiger partial charge in [0.05, 0.1) is 0 Å². The number of carbonyl (C=O) groups is 1. The molecule has 0 unspecified atom stereocenters. The van der Waals surface area contributed by atoms with Crippen LogP contribution in [0.3, 0.4) is 0 Å². The molecule has 1 fully saturated rings. The maximum Gasteiger partial charge on any atom is 0.223 e. The van der Waals surface area contributed by atoms with Crippen LogP contribution >= 0.6 is 11.3 Å². The Morgan fingerprint density at radius 2 is 2.05 bits per heavy atom. The molecule has 0 bridgehead atoms. The van der Waals surface area contributed by atoms with E-state index >= 15 is 0 Å². The molecule has 0 aliphatic carbocycles. The van der Waals surface area contributed by atoms with Crippen molar-refractivity contribution in [2.45, 2.75) is 13.0 Å². The van der Waals surface area contributed by atoms with E-state index in [0.717, 1.165) is 26.2 Å². The van der Waals surface area contributed by atoms with Crippen molar-refractivity contribution in [1.82, 2.24) is 9.80 Å². The Hall–Kier alpha value is -1.39. The predicted octanol–water partition coefficient (Wildman–Crippen LogP) is 2.57. The van der Waals surface area contributed by atoms with Crippen molar-refractivity contribution in [2.24, 2.45) is 0 Å². The van der Waals surface area contributed by atoms with Crippen LogP contribution in [0.4, 0.5) is 0 Å². The number of thiophene rings is 1. The second-order valence-corrected chi connectivity index (χ2v) is 6.26. The minimum atomic E-state index is 0.263. The number of carbonyl (C=O) groups excluding carboxylic acids is 1. The van der Waals surface area contributed by atoms with Crippen LogP contribution in [0, 0.1) is 0 Å². The Balaban J connectivity index is 1.72. The lowest BCUT2D eigenvalue weighted by molar-refractivity contribution is -0.129. The predicted molar refractivity (Wildman–Crippen MR) is 79.4 cm³/mol. The third-order valence-electron chi connectivity index (χ3n) is 3.68. The van der Waals surface area contributed by atoms with Gasteiger partial charge >= 0.3 is 0 Å². The van der Waals surface area contributed by atoms with Crippen LogP contribution < -0.4 is 0 Å². The number of benzene rings is 1. The highest BCUT2D eigenvalue weighted by atomic mass is 32.1. The fraction of sp³-hybridized carbons (Fsp3) is 0.400. The molecule has 3 rings (SSSR count). The molecule has 0 atom stereocenters. The minimum absolute atomic E-state index is 0.263. The van der Waals surface area contributed by atoms with Crippen LogP contribution in [0.5, 0.6) is 0 Å². The molecule has 0 N–H and O–H groups in total. The molecule has 4 heteroatoms. The van der Waals surface area contributed by atoms with E-state index in [0.29, 0.717) is 6.42 Å². The molecule has 1 aromatic heterocycles. The monoisotopic (exact) mass is 274 g/mol. The van der Waals surface area contributed by atoms with Gasteiger partial charge in [0.2, 0.25) is 5.91 Å². The first-order valence-electron chi connectivity index (χ1n) is 6.66. The lowest BCUT2D eigenvalue weighted by Gasteiger charge is -2.18. The standard InChI is InChI=1S/C15H18N2OS/c1-16-8-9-17(7-6-15(16)18)11-13-10-12-4-2-3-5-14(12)19-13/h2-5,10H,6-9,11H2,1H3. The molecule has 0 saturated carbocycles. The van der Waals surface area contributed by atoms with Crippen LogP contribution in [0.15, 0.2) is 30.3 Å². The Kier molecular flexibility index (Phi) is 3.53. The van der Waals surface area contributed by atoms with Crippen molar-refractivity contribution < 1.29 is 4.79 Å². The molecule has 3 nitrogen and oxygen atoms in total. The summed E-state index contributed by atoms with van der Waals surface area (Å²) in [7, 11) is 1.89. The van der Waals surface area contributed by atoms with E-state index < -0.39 is 0 Å². The number of rotatable bonds is 2. The summed E-state index contributed by atoms with van der Waals surface area (Å²) in [5.74, 6) is 0.263. The summed E-state index contributed by atoms with van der Waals surface area (Å²) >= 11 is 1.86. The highest BCUT2D eigenvalue weighted by molar-refractivity contribution is 7.19. The van der Waals surface area contributed by atoms with Gasteiger partial charge in [0, 0.05) is 49.2 Å². The average Bonchev–Trinajstić information content (AvgIpc) is 2.76. The molecule has 1 aromatic carbocycles. The van der Waals surface area contributed by atoms with Crippen LogP contribution in [0.25, 0.3) is 10.1 Å². The molecule has 0 radical (unpaired) electrons. The van der Waals surface area contributed by atoms with Gasteiger partial charge in [0.1, 0.15) is 0 Å². The zero-order valence-corrected chi connectivity index (χ0v) is 11.9. The third kappa shape index (κ3) is 2.80. The van der Waals surface area contributed by atoms with Crippen molar-refractivity contribution in [3.63, 3.8) is 0 Å². The molecule has 1 aliphatic rings. The van der Waals surface area contributed by atoms with Gasteiger partial charge in [0.15, 0.2) is 0 Å². The van der Waals surface area contributed by atoms with Gasteiger partial charge in [-0.3, -0.25) is 9.69 Å². The molecular weight excluding hydrogens is 256 g/mol. The molecule has 0 spiro atoms. The minimum Gasteiger partial charge on any atom is -0.344 e. The van der Waals surface area contributed by atoms with E-state index in [1.54, 1.807) is 0 Å². The summed E-state index contributed by atoms with van der Waals surface area (Å²) in [5.41, 5.74) is 0. The molecule has 2 heterocycles. The molecule has 100 valence electrons. The summed E-state index contributed by atoms with van der Waals surface area (Å²) in [6, 6.07) is 10.8. The zero-order valence-electron chi connectivity index (χ0n) is 11.1. The smallest absolute Gasteiger partial charge is 0.223 e. The number of hydrogen-bond acceptors (Lipinski definition) is 3. The molecule has 2 aromatic rings. The van der Waals surface area contributed by atoms with E-state index in [9.17, 15) is 4.79 Å². The van der Waals surface area contributed by atoms with E-state index in [4.69, 9.17) is 0 Å². The summed E-state index contributed by atoms with van der Waals surface area (Å²) in [6.07, 6.45) is 0.640. The number of fused-ring (bicyclic) bond motifs is 1. The van der Waals surface area contributed by atoms with Gasteiger partial charge in [-0.25, -0.2) is 0 Å². The third-order valence-corrected chi connectivity index (χ3v) is 4.78. The second-order valence-electron chi connectivity index (χ2n) is 5.09. The second kappa shape index (κ2) is 5.31. The lowest BCUT2D eigenvalue weighted by Crippen LogP contribution is -2.29. The summed E-state index contributed by atoms with van der Waals surface area (Å²) in [6.45, 7) is 3.64. The summed E-state index contributed by atoms with van der Waals surface area (Å²) in [4.78, 5) is 17.3. The molecule has 1 aliphatic heterocycles. The number of nitrogens with zero attached hydrogens (tertiary/aromatic N) is 2. The van der Waals surface area contributed by atoms with Gasteiger partial charge < -0.3 is 4.90 Å². The highest BCUT2D eigenvalue weighted by Gasteiger charge is 2.18. The van der Waals surface area contributed by atoms with E-state index in [2.05, 4.69) is 35.2 Å². The molecular formula is C15H18N2OS. The van der Waals surface area contributed by atoms with Gasteiger partial charge in [-0.05, 0) is 17.5 Å². The van der Waals surface area contributed by atoms with E-state index in [-0.39, 0.29) is 5.91 Å². The molecule has 1 amide bonds. The van der Waals surface area contributed by atoms with Crippen LogP contribution in [0.1, 0.15) is 11.3 Å². The first-order chi connectivity index (χ1) is 9.22. The Morgan fingerprint density at radius 3 is 2.89 bits per heavy atom. The first-order valence-corrected chi connectivity index (χ1v) is 7.48. The maximum absolute atomic E-state index is 11.7. The van der Waals surface area contributed by atoms with Crippen molar-refractivity contribution in [1.29, 1.82) is 0 Å². The van der Waals surface area contributed by atoms with Crippen molar-refractivity contribution in [2.75, 3.05) is 26.7 Å². The Bertz CT molecular complexity index is 560. The largest absolute Gasteiger partial charge is 0.344 e. The van der Waals surface area contributed by atoms with Crippen molar-refractivity contribution in [3.8, 4) is 0 Å². The van der Waals surface area contributed by atoms with Crippen LogP contribution in [0.2, 0.25) is 0 Å². The fourth-order valence-electron chi connectivity index (χ4n) is 2.47. The quantitative estimate of drug-likeness (QED) is 0.840. The topological polar surface area (TPSA) is 23.6 Å². The number of hydrogen-bond donors (Lipinski definition) is 0. The number of amides is 1. The van der Waals surface area contributed by atoms with Crippen molar-refractivity contribution >= 4 is 27.3 Å². The average molecular weight is 274 g/mol. The normalized spacial score (nSPS) is 17.9. The van der Waals surface area contributed by atoms with Gasteiger partial charge in [-0.2, -0.15) is 0 Å². The van der Waals surface area contributed by atoms with Gasteiger partial charge in [-0.1, -0.05) is 18.2 Å². The Labute approximate surface area is 117 Å². The summed E-state index contributed by atoms with van der Waals surface area (Å²) < 4.78 is 1.35. The van der Waals surface area contributed by atoms with Crippen molar-refractivity contribution in [3.05, 3.63) is 35.2 Å². The number of likely N-dealkylation sites (N-methyl/N-ethyl adjacent to an activating group) is 1. The van der Waals surface area contributed by atoms with Crippen LogP contribution in [-0.2, 0) is 11.3 Å². The molecule has 19 heavy (non-hydrogen) atoms. The SMILES string of the molecule is CN1CCN(Cc2cc3ccccc3s2)CCC1=O. The summed E-state index contributed by atoms with van der Waals surface area (Å²) in [5, 5.41) is 1.32. The highest BCUT2D eigenvalue weighted by Crippen LogP contribution is 2.26. The van der Waals surface area contributed by atoms with Gasteiger partial charge in [0.25, 0.3) is 0 Å². The zero-order chi connectivity index (χ0) is 13.2. The maximum atomic E-state index is 11.7. The fourth-order valence-corrected chi connectivity index (χ4v) is 3.57. The van der Waals surface area contributed by atoms with Crippen LogP contribution in [-0.4, -0.2) is 42.4 Å².